The van der Waals surface area contributed by atoms with Gasteiger partial charge in [0.1, 0.15) is 0 Å². The Labute approximate surface area is 75.7 Å². The maximum Gasteiger partial charge on any atom is 0.0230 e. The van der Waals surface area contributed by atoms with E-state index in [0.29, 0.717) is 0 Å². The van der Waals surface area contributed by atoms with E-state index >= 15 is 0 Å². The smallest absolute Gasteiger partial charge is 0.0230 e. The first kappa shape index (κ1) is 9.96. The minimum Gasteiger partial charge on any atom is -0.308 e. The summed E-state index contributed by atoms with van der Waals surface area (Å²) < 4.78 is 0. The number of hydrogen-bond donors (Lipinski definition) is 1. The molecule has 1 rings (SSSR count). The van der Waals surface area contributed by atoms with Gasteiger partial charge in [0, 0.05) is 26.2 Å². The third-order valence-corrected chi connectivity index (χ3v) is 2.25. The third-order valence-electron chi connectivity index (χ3n) is 2.25. The van der Waals surface area contributed by atoms with Gasteiger partial charge in [0.05, 0.1) is 0 Å². The van der Waals surface area contributed by atoms with Crippen LogP contribution in [0.5, 0.6) is 0 Å². The molecule has 1 aliphatic rings. The van der Waals surface area contributed by atoms with Crippen LogP contribution in [0.2, 0.25) is 0 Å². The van der Waals surface area contributed by atoms with Crippen LogP contribution in [0.25, 0.3) is 0 Å². The Balaban J connectivity index is 1.98. The average molecular weight is 171 g/mol. The van der Waals surface area contributed by atoms with Gasteiger partial charge < -0.3 is 4.90 Å². The number of hydrazine groups is 1. The van der Waals surface area contributed by atoms with Crippen molar-refractivity contribution in [1.29, 1.82) is 0 Å². The van der Waals surface area contributed by atoms with E-state index in [0.717, 1.165) is 13.1 Å². The lowest BCUT2D eigenvalue weighted by Crippen LogP contribution is -2.44. The molecule has 0 aromatic rings. The van der Waals surface area contributed by atoms with Gasteiger partial charge in [-0.3, -0.25) is 5.43 Å². The van der Waals surface area contributed by atoms with Crippen LogP contribution in [0.4, 0.5) is 0 Å². The van der Waals surface area contributed by atoms with E-state index in [2.05, 4.69) is 29.4 Å². The predicted molar refractivity (Wildman–Crippen MR) is 52.0 cm³/mol. The summed E-state index contributed by atoms with van der Waals surface area (Å²) in [5.41, 5.74) is 3.44. The Bertz CT molecular complexity index is 108. The number of piperidine rings is 1. The lowest BCUT2D eigenvalue weighted by atomic mass is 10.2. The first-order chi connectivity index (χ1) is 5.79. The fourth-order valence-electron chi connectivity index (χ4n) is 1.48. The maximum absolute atomic E-state index is 3.44. The summed E-state index contributed by atoms with van der Waals surface area (Å²) in [6, 6.07) is 0. The zero-order chi connectivity index (χ0) is 8.81. The molecule has 0 spiro atoms. The molecule has 3 nitrogen and oxygen atoms in total. The first-order valence-corrected chi connectivity index (χ1v) is 4.92. The average Bonchev–Trinajstić information content (AvgIpc) is 2.05. The number of nitrogens with zero attached hydrogens (tertiary/aromatic N) is 2. The third kappa shape index (κ3) is 4.04. The van der Waals surface area contributed by atoms with Crippen molar-refractivity contribution >= 4 is 0 Å². The molecule has 12 heavy (non-hydrogen) atoms. The van der Waals surface area contributed by atoms with Crippen LogP contribution in [0.3, 0.4) is 0 Å². The molecular weight excluding hydrogens is 150 g/mol. The summed E-state index contributed by atoms with van der Waals surface area (Å²) in [4.78, 5) is 2.21. The minimum absolute atomic E-state index is 1.08. The second kappa shape index (κ2) is 5.51. The van der Waals surface area contributed by atoms with Gasteiger partial charge in [0.15, 0.2) is 0 Å². The van der Waals surface area contributed by atoms with Crippen molar-refractivity contribution in [1.82, 2.24) is 15.3 Å². The van der Waals surface area contributed by atoms with Crippen LogP contribution in [0.1, 0.15) is 19.3 Å². The van der Waals surface area contributed by atoms with Crippen molar-refractivity contribution in [3.05, 3.63) is 0 Å². The van der Waals surface area contributed by atoms with E-state index in [9.17, 15) is 0 Å². The molecule has 1 N–H and O–H groups in total. The van der Waals surface area contributed by atoms with E-state index in [-0.39, 0.29) is 0 Å². The summed E-state index contributed by atoms with van der Waals surface area (Å²) in [6.07, 6.45) is 4.12. The van der Waals surface area contributed by atoms with Crippen LogP contribution in [0.15, 0.2) is 0 Å². The molecule has 0 unspecified atom stereocenters. The summed E-state index contributed by atoms with van der Waals surface area (Å²) in [6.45, 7) is 4.66. The summed E-state index contributed by atoms with van der Waals surface area (Å²) in [5, 5.41) is 2.35. The summed E-state index contributed by atoms with van der Waals surface area (Å²) in [5.74, 6) is 0. The Morgan fingerprint density at radius 2 is 1.83 bits per heavy atom. The molecule has 1 heterocycles. The second-order valence-electron chi connectivity index (χ2n) is 3.76. The Hall–Kier alpha value is -0.120. The molecule has 0 bridgehead atoms. The highest BCUT2D eigenvalue weighted by atomic mass is 15.5. The van der Waals surface area contributed by atoms with Crippen LogP contribution in [0, 0.1) is 0 Å². The molecule has 0 aromatic heterocycles. The molecule has 0 radical (unpaired) electrons. The van der Waals surface area contributed by atoms with E-state index in [1.807, 2.05) is 0 Å². The van der Waals surface area contributed by atoms with Crippen molar-refractivity contribution < 1.29 is 0 Å². The molecule has 1 fully saturated rings. The van der Waals surface area contributed by atoms with Crippen LogP contribution < -0.4 is 5.43 Å². The highest BCUT2D eigenvalue weighted by Crippen LogP contribution is 2.05. The molecule has 0 atom stereocenters. The summed E-state index contributed by atoms with van der Waals surface area (Å²) in [7, 11) is 4.22. The maximum atomic E-state index is 3.44. The molecule has 0 aromatic carbocycles. The highest BCUT2D eigenvalue weighted by Gasteiger charge is 2.08. The van der Waals surface area contributed by atoms with Crippen LogP contribution >= 0.6 is 0 Å². The van der Waals surface area contributed by atoms with E-state index in [4.69, 9.17) is 0 Å². The molecule has 0 amide bonds. The van der Waals surface area contributed by atoms with E-state index in [1.54, 1.807) is 0 Å². The molecule has 3 heteroatoms. The first-order valence-electron chi connectivity index (χ1n) is 4.92. The Kier molecular flexibility index (Phi) is 4.58. The van der Waals surface area contributed by atoms with Crippen molar-refractivity contribution in [3.8, 4) is 0 Å². The van der Waals surface area contributed by atoms with E-state index < -0.39 is 0 Å². The lowest BCUT2D eigenvalue weighted by molar-refractivity contribution is 0.149. The normalized spacial score (nSPS) is 20.2. The predicted octanol–water partition coefficient (Wildman–Crippen LogP) is 0.538. The van der Waals surface area contributed by atoms with Crippen LogP contribution in [-0.4, -0.2) is 50.2 Å². The highest BCUT2D eigenvalue weighted by molar-refractivity contribution is 4.60. The molecule has 72 valence electrons. The van der Waals surface area contributed by atoms with Gasteiger partial charge in [-0.25, -0.2) is 5.01 Å². The fraction of sp³-hybridized carbons (Fsp3) is 1.00. The lowest BCUT2D eigenvalue weighted by Gasteiger charge is -2.27. The molecule has 1 saturated heterocycles. The number of rotatable bonds is 4. The fourth-order valence-corrected chi connectivity index (χ4v) is 1.48. The van der Waals surface area contributed by atoms with E-state index in [1.165, 1.54) is 32.4 Å². The Morgan fingerprint density at radius 1 is 1.17 bits per heavy atom. The zero-order valence-electron chi connectivity index (χ0n) is 8.34. The standard InChI is InChI=1S/C9H21N3/c1-11(2)9-6-10-12-7-4-3-5-8-12/h10H,3-9H2,1-2H3. The van der Waals surface area contributed by atoms with Gasteiger partial charge in [-0.1, -0.05) is 6.42 Å². The monoisotopic (exact) mass is 171 g/mol. The summed E-state index contributed by atoms with van der Waals surface area (Å²) >= 11 is 0. The minimum atomic E-state index is 1.08. The Morgan fingerprint density at radius 3 is 2.42 bits per heavy atom. The quantitative estimate of drug-likeness (QED) is 0.666. The van der Waals surface area contributed by atoms with Crippen molar-refractivity contribution in [3.63, 3.8) is 0 Å². The van der Waals surface area contributed by atoms with Crippen LogP contribution in [-0.2, 0) is 0 Å². The van der Waals surface area contributed by atoms with Gasteiger partial charge in [-0.05, 0) is 26.9 Å². The number of nitrogens with one attached hydrogen (secondary N) is 1. The van der Waals surface area contributed by atoms with Crippen molar-refractivity contribution in [2.75, 3.05) is 40.3 Å². The second-order valence-corrected chi connectivity index (χ2v) is 3.76. The number of hydrogen-bond acceptors (Lipinski definition) is 3. The molecular formula is C9H21N3. The van der Waals surface area contributed by atoms with Gasteiger partial charge in [0.25, 0.3) is 0 Å². The van der Waals surface area contributed by atoms with Gasteiger partial charge >= 0.3 is 0 Å². The van der Waals surface area contributed by atoms with Gasteiger partial charge in [0.2, 0.25) is 0 Å². The molecule has 1 aliphatic heterocycles. The number of likely N-dealkylation sites (N-methyl/N-ethyl adjacent to an activating group) is 1. The van der Waals surface area contributed by atoms with Gasteiger partial charge in [-0.2, -0.15) is 0 Å². The molecule has 0 aliphatic carbocycles. The molecule has 0 saturated carbocycles. The zero-order valence-corrected chi connectivity index (χ0v) is 8.34. The topological polar surface area (TPSA) is 18.5 Å². The largest absolute Gasteiger partial charge is 0.308 e. The van der Waals surface area contributed by atoms with Crippen molar-refractivity contribution in [2.24, 2.45) is 0 Å². The van der Waals surface area contributed by atoms with Gasteiger partial charge in [-0.15, -0.1) is 0 Å². The van der Waals surface area contributed by atoms with Crippen molar-refractivity contribution in [2.45, 2.75) is 19.3 Å². The SMILES string of the molecule is CN(C)CCNN1CCCCC1.